The van der Waals surface area contributed by atoms with Crippen LogP contribution in [0.15, 0.2) is 42.5 Å². The molecule has 0 unspecified atom stereocenters. The largest absolute Gasteiger partial charge is 0.488 e. The molecule has 1 aromatic heterocycles. The molecule has 0 atom stereocenters. The third-order valence-corrected chi connectivity index (χ3v) is 4.11. The summed E-state index contributed by atoms with van der Waals surface area (Å²) in [6.45, 7) is 3.01. The van der Waals surface area contributed by atoms with Gasteiger partial charge in [0.15, 0.2) is 11.6 Å². The lowest BCUT2D eigenvalue weighted by Gasteiger charge is -2.28. The molecule has 3 rings (SSSR count). The molecule has 2 heterocycles. The van der Waals surface area contributed by atoms with Gasteiger partial charge in [0.2, 0.25) is 0 Å². The molecule has 27 heavy (non-hydrogen) atoms. The molecule has 7 nitrogen and oxygen atoms in total. The van der Waals surface area contributed by atoms with Crippen molar-refractivity contribution >= 4 is 23.5 Å². The number of nitrogens with zero attached hydrogens (tertiary/aromatic N) is 2. The van der Waals surface area contributed by atoms with E-state index in [0.29, 0.717) is 50.6 Å². The molecule has 0 bridgehead atoms. The predicted octanol–water partition coefficient (Wildman–Crippen LogP) is 3.40. The zero-order valence-electron chi connectivity index (χ0n) is 15.3. The average molecular weight is 369 g/mol. The Labute approximate surface area is 158 Å². The van der Waals surface area contributed by atoms with E-state index in [2.05, 4.69) is 10.3 Å². The number of anilines is 2. The fourth-order valence-corrected chi connectivity index (χ4v) is 2.83. The Morgan fingerprint density at radius 2 is 2.04 bits per heavy atom. The number of amides is 2. The summed E-state index contributed by atoms with van der Waals surface area (Å²) in [6.07, 6.45) is 1.61. The number of rotatable bonds is 6. The number of pyridine rings is 1. The molecule has 0 spiro atoms. The molecule has 142 valence electrons. The molecule has 0 saturated heterocycles. The third-order valence-electron chi connectivity index (χ3n) is 4.11. The molecule has 1 aliphatic rings. The molecule has 0 fully saturated rings. The van der Waals surface area contributed by atoms with Crippen molar-refractivity contribution in [3.63, 3.8) is 0 Å². The van der Waals surface area contributed by atoms with Crippen LogP contribution in [-0.4, -0.2) is 36.7 Å². The molecule has 2 aromatic rings. The Bertz CT molecular complexity index is 795. The van der Waals surface area contributed by atoms with E-state index in [1.807, 2.05) is 42.5 Å². The van der Waals surface area contributed by atoms with Gasteiger partial charge in [-0.1, -0.05) is 18.2 Å². The highest BCUT2D eigenvalue weighted by Crippen LogP contribution is 2.30. The summed E-state index contributed by atoms with van der Waals surface area (Å²) in [5.41, 5.74) is 1.53. The maximum Gasteiger partial charge on any atom is 0.327 e. The lowest BCUT2D eigenvalue weighted by Crippen LogP contribution is -2.41. The zero-order chi connectivity index (χ0) is 19.1. The van der Waals surface area contributed by atoms with Gasteiger partial charge in [-0.3, -0.25) is 9.69 Å². The molecule has 0 saturated carbocycles. The monoisotopic (exact) mass is 369 g/mol. The van der Waals surface area contributed by atoms with Gasteiger partial charge in [-0.05, 0) is 44.0 Å². The van der Waals surface area contributed by atoms with Gasteiger partial charge in [0, 0.05) is 17.8 Å². The highest BCUT2D eigenvalue weighted by Gasteiger charge is 2.25. The fourth-order valence-electron chi connectivity index (χ4n) is 2.83. The van der Waals surface area contributed by atoms with Crippen molar-refractivity contribution in [1.29, 1.82) is 0 Å². The summed E-state index contributed by atoms with van der Waals surface area (Å²) in [6, 6.07) is 12.7. The van der Waals surface area contributed by atoms with E-state index in [1.165, 1.54) is 0 Å². The summed E-state index contributed by atoms with van der Waals surface area (Å²) >= 11 is 0. The van der Waals surface area contributed by atoms with Gasteiger partial charge in [-0.2, -0.15) is 0 Å². The second-order valence-electron chi connectivity index (χ2n) is 6.08. The zero-order valence-corrected chi connectivity index (χ0v) is 15.3. The van der Waals surface area contributed by atoms with Crippen LogP contribution in [0.25, 0.3) is 0 Å². The maximum atomic E-state index is 12.7. The molecule has 2 amide bonds. The lowest BCUT2D eigenvalue weighted by atomic mass is 10.1. The first-order chi connectivity index (χ1) is 13.2. The first-order valence-electron chi connectivity index (χ1n) is 9.09. The van der Waals surface area contributed by atoms with Crippen molar-refractivity contribution in [2.24, 2.45) is 0 Å². The Morgan fingerprint density at radius 1 is 1.22 bits per heavy atom. The quantitative estimate of drug-likeness (QED) is 0.790. The third kappa shape index (κ3) is 4.97. The van der Waals surface area contributed by atoms with Crippen molar-refractivity contribution in [1.82, 2.24) is 4.98 Å². The Balaban J connectivity index is 1.68. The second kappa shape index (κ2) is 9.02. The van der Waals surface area contributed by atoms with Crippen LogP contribution in [0.1, 0.15) is 25.5 Å². The number of nitrogens with one attached hydrogen (secondary N) is 1. The van der Waals surface area contributed by atoms with Crippen molar-refractivity contribution in [2.75, 3.05) is 30.0 Å². The van der Waals surface area contributed by atoms with Crippen LogP contribution in [0.5, 0.6) is 5.75 Å². The number of benzene rings is 1. The molecule has 0 radical (unpaired) electrons. The number of para-hydroxylation sites is 1. The number of ether oxygens (including phenoxy) is 2. The van der Waals surface area contributed by atoms with Crippen LogP contribution in [0.4, 0.5) is 16.3 Å². The smallest absolute Gasteiger partial charge is 0.327 e. The molecule has 1 aromatic carbocycles. The predicted molar refractivity (Wildman–Crippen MR) is 102 cm³/mol. The normalized spacial score (nSPS) is 12.7. The summed E-state index contributed by atoms with van der Waals surface area (Å²) in [5, 5.41) is 2.87. The first-order valence-corrected chi connectivity index (χ1v) is 9.09. The molecule has 1 N–H and O–H groups in total. The van der Waals surface area contributed by atoms with Crippen LogP contribution in [-0.2, 0) is 16.0 Å². The molecule has 1 aliphatic heterocycles. The van der Waals surface area contributed by atoms with Crippen molar-refractivity contribution < 1.29 is 19.1 Å². The second-order valence-corrected chi connectivity index (χ2v) is 6.08. The lowest BCUT2D eigenvalue weighted by molar-refractivity contribution is -0.143. The number of esters is 1. The van der Waals surface area contributed by atoms with Crippen LogP contribution < -0.4 is 15.0 Å². The van der Waals surface area contributed by atoms with Crippen LogP contribution in [0, 0.1) is 0 Å². The fraction of sp³-hybridized carbons (Fsp3) is 0.350. The molecule has 7 heteroatoms. The van der Waals surface area contributed by atoms with Gasteiger partial charge >= 0.3 is 12.0 Å². The highest BCUT2D eigenvalue weighted by molar-refractivity contribution is 6.02. The minimum atomic E-state index is -0.248. The number of aromatic nitrogens is 1. The summed E-state index contributed by atoms with van der Waals surface area (Å²) in [4.78, 5) is 30.3. The number of aryl methyl sites for hydroxylation is 1. The Kier molecular flexibility index (Phi) is 6.25. The van der Waals surface area contributed by atoms with E-state index in [0.717, 1.165) is 11.4 Å². The average Bonchev–Trinajstić information content (AvgIpc) is 2.68. The topological polar surface area (TPSA) is 80.8 Å². The van der Waals surface area contributed by atoms with Gasteiger partial charge in [0.05, 0.1) is 13.2 Å². The standard InChI is InChI=1S/C20H23N3O4/c1-2-26-18(24)10-6-9-16-11-12-17-19(21-16)23(13-14-27-17)20(25)22-15-7-4-3-5-8-15/h3-5,7-8,11-12H,2,6,9-10,13-14H2,1H3,(H,22,25). The maximum absolute atomic E-state index is 12.7. The van der Waals surface area contributed by atoms with Gasteiger partial charge in [0.25, 0.3) is 0 Å². The van der Waals surface area contributed by atoms with E-state index in [9.17, 15) is 9.59 Å². The number of hydrogen-bond donors (Lipinski definition) is 1. The molecular formula is C20H23N3O4. The van der Waals surface area contributed by atoms with Gasteiger partial charge < -0.3 is 14.8 Å². The Morgan fingerprint density at radius 3 is 2.81 bits per heavy atom. The van der Waals surface area contributed by atoms with E-state index < -0.39 is 0 Å². The van der Waals surface area contributed by atoms with E-state index in [4.69, 9.17) is 9.47 Å². The minimum Gasteiger partial charge on any atom is -0.488 e. The first kappa shape index (κ1) is 18.7. The molecular weight excluding hydrogens is 346 g/mol. The minimum absolute atomic E-state index is 0.206. The van der Waals surface area contributed by atoms with Crippen molar-refractivity contribution in [3.8, 4) is 5.75 Å². The number of hydrogen-bond acceptors (Lipinski definition) is 5. The van der Waals surface area contributed by atoms with Crippen molar-refractivity contribution in [2.45, 2.75) is 26.2 Å². The van der Waals surface area contributed by atoms with E-state index in [-0.39, 0.29) is 12.0 Å². The number of urea groups is 1. The van der Waals surface area contributed by atoms with Gasteiger partial charge in [0.1, 0.15) is 6.61 Å². The number of carbonyl (C=O) groups excluding carboxylic acids is 2. The van der Waals surface area contributed by atoms with E-state index >= 15 is 0 Å². The van der Waals surface area contributed by atoms with Crippen LogP contribution in [0.2, 0.25) is 0 Å². The van der Waals surface area contributed by atoms with Crippen LogP contribution in [0.3, 0.4) is 0 Å². The number of fused-ring (bicyclic) bond motifs is 1. The summed E-state index contributed by atoms with van der Waals surface area (Å²) < 4.78 is 10.6. The van der Waals surface area contributed by atoms with Gasteiger partial charge in [-0.25, -0.2) is 9.78 Å². The van der Waals surface area contributed by atoms with Gasteiger partial charge in [-0.15, -0.1) is 0 Å². The highest BCUT2D eigenvalue weighted by atomic mass is 16.5. The Hall–Kier alpha value is -3.09. The SMILES string of the molecule is CCOC(=O)CCCc1ccc2c(n1)N(C(=O)Nc1ccccc1)CCO2. The number of carbonyl (C=O) groups is 2. The van der Waals surface area contributed by atoms with E-state index in [1.54, 1.807) is 11.8 Å². The van der Waals surface area contributed by atoms with Crippen LogP contribution >= 0.6 is 0 Å². The molecule has 0 aliphatic carbocycles. The summed E-state index contributed by atoms with van der Waals surface area (Å²) in [5.74, 6) is 0.879. The summed E-state index contributed by atoms with van der Waals surface area (Å²) in [7, 11) is 0. The van der Waals surface area contributed by atoms with Crippen molar-refractivity contribution in [3.05, 3.63) is 48.2 Å².